The summed E-state index contributed by atoms with van der Waals surface area (Å²) >= 11 is 0. The van der Waals surface area contributed by atoms with Crippen LogP contribution in [0.2, 0.25) is 0 Å². The molecule has 7 nitrogen and oxygen atoms in total. The van der Waals surface area contributed by atoms with Crippen molar-refractivity contribution >= 4 is 17.5 Å². The van der Waals surface area contributed by atoms with Gasteiger partial charge in [-0.3, -0.25) is 14.4 Å². The number of piperidine rings is 1. The highest BCUT2D eigenvalue weighted by molar-refractivity contribution is 5.94. The van der Waals surface area contributed by atoms with E-state index < -0.39 is 0 Å². The van der Waals surface area contributed by atoms with Gasteiger partial charge < -0.3 is 10.2 Å². The first-order valence-corrected chi connectivity index (χ1v) is 8.45. The van der Waals surface area contributed by atoms with Crippen LogP contribution in [0.5, 0.6) is 0 Å². The molecule has 26 heavy (non-hydrogen) atoms. The van der Waals surface area contributed by atoms with Gasteiger partial charge in [-0.25, -0.2) is 5.10 Å². The van der Waals surface area contributed by atoms with Crippen LogP contribution < -0.4 is 10.9 Å². The van der Waals surface area contributed by atoms with Crippen molar-refractivity contribution in [2.45, 2.75) is 12.8 Å². The first-order valence-electron chi connectivity index (χ1n) is 8.45. The average molecular weight is 352 g/mol. The number of hydrogen-bond acceptors (Lipinski definition) is 4. The average Bonchev–Trinajstić information content (AvgIpc) is 2.68. The molecule has 0 aliphatic carbocycles. The summed E-state index contributed by atoms with van der Waals surface area (Å²) in [5, 5.41) is 9.29. The van der Waals surface area contributed by atoms with Crippen molar-refractivity contribution < 1.29 is 9.59 Å². The summed E-state index contributed by atoms with van der Waals surface area (Å²) in [5.74, 6) is -0.505. The Morgan fingerprint density at radius 1 is 1.31 bits per heavy atom. The number of benzene rings is 1. The molecule has 1 unspecified atom stereocenters. The fourth-order valence-corrected chi connectivity index (χ4v) is 3.03. The van der Waals surface area contributed by atoms with Gasteiger partial charge in [0.15, 0.2) is 0 Å². The standard InChI is InChI=1S/C19H20N4O3/c1-2-18(25)23-10-4-6-14(12-23)19(26)20-15-7-3-5-13(11-15)16-8-9-17(24)22-21-16/h2-3,5,7-9,11,14H,1,4,6,10,12H2,(H,20,26)(H,22,24). The maximum absolute atomic E-state index is 12.6. The van der Waals surface area contributed by atoms with Crippen molar-refractivity contribution in [2.75, 3.05) is 18.4 Å². The molecule has 1 fully saturated rings. The van der Waals surface area contributed by atoms with Crippen molar-refractivity contribution in [1.82, 2.24) is 15.1 Å². The molecule has 1 aromatic carbocycles. The van der Waals surface area contributed by atoms with Gasteiger partial charge in [0, 0.05) is 30.4 Å². The molecule has 2 N–H and O–H groups in total. The normalized spacial score (nSPS) is 16.8. The lowest BCUT2D eigenvalue weighted by atomic mass is 9.97. The number of carbonyl (C=O) groups is 2. The van der Waals surface area contributed by atoms with Gasteiger partial charge in [-0.15, -0.1) is 0 Å². The number of anilines is 1. The van der Waals surface area contributed by atoms with E-state index >= 15 is 0 Å². The van der Waals surface area contributed by atoms with Gasteiger partial charge in [-0.1, -0.05) is 18.7 Å². The van der Waals surface area contributed by atoms with Crippen LogP contribution in [0.4, 0.5) is 5.69 Å². The van der Waals surface area contributed by atoms with Gasteiger partial charge in [-0.05, 0) is 37.1 Å². The Labute approximate surface area is 150 Å². The van der Waals surface area contributed by atoms with Crippen molar-refractivity contribution in [2.24, 2.45) is 5.92 Å². The van der Waals surface area contributed by atoms with Crippen LogP contribution in [0.1, 0.15) is 12.8 Å². The second-order valence-corrected chi connectivity index (χ2v) is 6.20. The zero-order valence-electron chi connectivity index (χ0n) is 14.3. The molecular weight excluding hydrogens is 332 g/mol. The summed E-state index contributed by atoms with van der Waals surface area (Å²) in [6.45, 7) is 4.55. The zero-order valence-corrected chi connectivity index (χ0v) is 14.3. The van der Waals surface area contributed by atoms with E-state index in [1.54, 1.807) is 23.1 Å². The number of nitrogens with zero attached hydrogens (tertiary/aromatic N) is 2. The van der Waals surface area contributed by atoms with Crippen LogP contribution in [0.15, 0.2) is 53.8 Å². The van der Waals surface area contributed by atoms with Crippen LogP contribution in [-0.2, 0) is 9.59 Å². The van der Waals surface area contributed by atoms with E-state index in [-0.39, 0.29) is 23.3 Å². The topological polar surface area (TPSA) is 95.2 Å². The number of aromatic nitrogens is 2. The van der Waals surface area contributed by atoms with Crippen molar-refractivity contribution in [1.29, 1.82) is 0 Å². The molecule has 1 atom stereocenters. The molecule has 0 spiro atoms. The van der Waals surface area contributed by atoms with Crippen molar-refractivity contribution in [3.05, 3.63) is 59.4 Å². The third-order valence-corrected chi connectivity index (χ3v) is 4.38. The lowest BCUT2D eigenvalue weighted by molar-refractivity contribution is -0.130. The van der Waals surface area contributed by atoms with Crippen LogP contribution >= 0.6 is 0 Å². The Bertz CT molecular complexity index is 870. The predicted octanol–water partition coefficient (Wildman–Crippen LogP) is 1.80. The zero-order chi connectivity index (χ0) is 18.5. The van der Waals surface area contributed by atoms with Gasteiger partial charge in [0.1, 0.15) is 0 Å². The number of likely N-dealkylation sites (tertiary alicyclic amines) is 1. The first kappa shape index (κ1) is 17.6. The van der Waals surface area contributed by atoms with Crippen LogP contribution in [0, 0.1) is 5.92 Å². The monoisotopic (exact) mass is 352 g/mol. The minimum atomic E-state index is -0.269. The van der Waals surface area contributed by atoms with Crippen LogP contribution in [-0.4, -0.2) is 40.0 Å². The SMILES string of the molecule is C=CC(=O)N1CCCC(C(=O)Nc2cccc(-c3ccc(=O)[nH]n3)c2)C1. The van der Waals surface area contributed by atoms with Gasteiger partial charge in [-0.2, -0.15) is 5.10 Å². The maximum atomic E-state index is 12.6. The van der Waals surface area contributed by atoms with E-state index in [0.29, 0.717) is 24.5 Å². The molecule has 2 heterocycles. The number of hydrogen-bond donors (Lipinski definition) is 2. The minimum Gasteiger partial charge on any atom is -0.338 e. The molecule has 2 amide bonds. The number of amides is 2. The van der Waals surface area contributed by atoms with Gasteiger partial charge in [0.2, 0.25) is 11.8 Å². The fraction of sp³-hybridized carbons (Fsp3) is 0.263. The number of aromatic amines is 1. The molecule has 0 saturated carbocycles. The summed E-state index contributed by atoms with van der Waals surface area (Å²) in [7, 11) is 0. The van der Waals surface area contributed by atoms with E-state index in [1.165, 1.54) is 12.1 Å². The lowest BCUT2D eigenvalue weighted by Crippen LogP contribution is -2.43. The third kappa shape index (κ3) is 4.05. The highest BCUT2D eigenvalue weighted by Gasteiger charge is 2.27. The van der Waals surface area contributed by atoms with Crippen LogP contribution in [0.3, 0.4) is 0 Å². The second kappa shape index (κ2) is 7.77. The number of H-pyrrole nitrogens is 1. The van der Waals surface area contributed by atoms with Crippen LogP contribution in [0.25, 0.3) is 11.3 Å². The molecule has 0 bridgehead atoms. The lowest BCUT2D eigenvalue weighted by Gasteiger charge is -2.31. The summed E-state index contributed by atoms with van der Waals surface area (Å²) < 4.78 is 0. The van der Waals surface area contributed by atoms with Crippen molar-refractivity contribution in [3.8, 4) is 11.3 Å². The van der Waals surface area contributed by atoms with Crippen molar-refractivity contribution in [3.63, 3.8) is 0 Å². The smallest absolute Gasteiger partial charge is 0.264 e. The van der Waals surface area contributed by atoms with Gasteiger partial charge in [0.05, 0.1) is 11.6 Å². The quantitative estimate of drug-likeness (QED) is 0.820. The molecular formula is C19H20N4O3. The molecule has 0 radical (unpaired) electrons. The van der Waals surface area contributed by atoms with E-state index in [9.17, 15) is 14.4 Å². The first-order chi connectivity index (χ1) is 12.6. The third-order valence-electron chi connectivity index (χ3n) is 4.38. The largest absolute Gasteiger partial charge is 0.338 e. The minimum absolute atomic E-state index is 0.113. The number of rotatable bonds is 4. The highest BCUT2D eigenvalue weighted by atomic mass is 16.2. The highest BCUT2D eigenvalue weighted by Crippen LogP contribution is 2.22. The Morgan fingerprint density at radius 2 is 2.15 bits per heavy atom. The second-order valence-electron chi connectivity index (χ2n) is 6.20. The van der Waals surface area contributed by atoms with E-state index in [0.717, 1.165) is 18.4 Å². The van der Waals surface area contributed by atoms with E-state index in [4.69, 9.17) is 0 Å². The Morgan fingerprint density at radius 3 is 2.88 bits per heavy atom. The Balaban J connectivity index is 1.70. The summed E-state index contributed by atoms with van der Waals surface area (Å²) in [6, 6.07) is 10.3. The van der Waals surface area contributed by atoms with E-state index in [2.05, 4.69) is 22.1 Å². The molecule has 1 aromatic heterocycles. The van der Waals surface area contributed by atoms with E-state index in [1.807, 2.05) is 12.1 Å². The summed E-state index contributed by atoms with van der Waals surface area (Å²) in [5.41, 5.74) is 1.77. The molecule has 1 aliphatic heterocycles. The summed E-state index contributed by atoms with van der Waals surface area (Å²) in [6.07, 6.45) is 2.81. The van der Waals surface area contributed by atoms with Gasteiger partial charge in [0.25, 0.3) is 5.56 Å². The molecule has 7 heteroatoms. The Hall–Kier alpha value is -3.22. The number of nitrogens with one attached hydrogen (secondary N) is 2. The predicted molar refractivity (Wildman–Crippen MR) is 98.4 cm³/mol. The number of carbonyl (C=O) groups excluding carboxylic acids is 2. The molecule has 1 saturated heterocycles. The molecule has 2 aromatic rings. The van der Waals surface area contributed by atoms with Gasteiger partial charge >= 0.3 is 0 Å². The Kier molecular flexibility index (Phi) is 5.26. The summed E-state index contributed by atoms with van der Waals surface area (Å²) in [4.78, 5) is 37.1. The molecule has 134 valence electrons. The molecule has 3 rings (SSSR count). The maximum Gasteiger partial charge on any atom is 0.264 e. The molecule has 1 aliphatic rings. The fourth-order valence-electron chi connectivity index (χ4n) is 3.03.